The molecular weight excluding hydrogens is 252 g/mol. The Hall–Kier alpha value is -1.03. The van der Waals surface area contributed by atoms with Crippen LogP contribution in [0, 0.1) is 5.92 Å². The van der Waals surface area contributed by atoms with Crippen molar-refractivity contribution < 1.29 is 9.53 Å². The van der Waals surface area contributed by atoms with Crippen molar-refractivity contribution in [3.05, 3.63) is 11.6 Å². The maximum absolute atomic E-state index is 11.8. The van der Waals surface area contributed by atoms with Crippen molar-refractivity contribution in [2.24, 2.45) is 5.92 Å². The third-order valence-electron chi connectivity index (χ3n) is 4.21. The zero-order valence-electron chi connectivity index (χ0n) is 12.8. The van der Waals surface area contributed by atoms with Gasteiger partial charge in [0.15, 0.2) is 0 Å². The molecule has 114 valence electrons. The first-order chi connectivity index (χ1) is 9.55. The molecule has 0 aromatic carbocycles. The average molecular weight is 280 g/mol. The third kappa shape index (κ3) is 5.16. The van der Waals surface area contributed by atoms with Crippen LogP contribution in [0.2, 0.25) is 0 Å². The lowest BCUT2D eigenvalue weighted by Gasteiger charge is -2.35. The average Bonchev–Trinajstić information content (AvgIpc) is 2.43. The molecule has 2 rings (SSSR count). The van der Waals surface area contributed by atoms with Crippen LogP contribution in [0.5, 0.6) is 0 Å². The molecule has 1 atom stereocenters. The van der Waals surface area contributed by atoms with E-state index < -0.39 is 0 Å². The summed E-state index contributed by atoms with van der Waals surface area (Å²) in [7, 11) is 0. The molecule has 1 fully saturated rings. The molecule has 0 aromatic heterocycles. The van der Waals surface area contributed by atoms with Gasteiger partial charge < -0.3 is 15.4 Å². The zero-order valence-corrected chi connectivity index (χ0v) is 12.8. The molecule has 2 amide bonds. The number of rotatable bonds is 4. The molecule has 4 heteroatoms. The summed E-state index contributed by atoms with van der Waals surface area (Å²) < 4.78 is 5.69. The fraction of sp³-hybridized carbons (Fsp3) is 0.812. The minimum atomic E-state index is -0.0476. The van der Waals surface area contributed by atoms with Gasteiger partial charge in [-0.2, -0.15) is 0 Å². The number of hydrogen-bond donors (Lipinski definition) is 2. The molecule has 0 radical (unpaired) electrons. The summed E-state index contributed by atoms with van der Waals surface area (Å²) in [5, 5.41) is 5.96. The second-order valence-corrected chi connectivity index (χ2v) is 6.64. The number of nitrogens with one attached hydrogen (secondary N) is 2. The summed E-state index contributed by atoms with van der Waals surface area (Å²) in [6.07, 6.45) is 9.16. The summed E-state index contributed by atoms with van der Waals surface area (Å²) in [5.74, 6) is 0.526. The van der Waals surface area contributed by atoms with Gasteiger partial charge in [0.2, 0.25) is 0 Å². The molecule has 1 aliphatic heterocycles. The highest BCUT2D eigenvalue weighted by molar-refractivity contribution is 5.74. The van der Waals surface area contributed by atoms with Gasteiger partial charge in [-0.3, -0.25) is 0 Å². The van der Waals surface area contributed by atoms with E-state index in [9.17, 15) is 4.79 Å². The topological polar surface area (TPSA) is 50.4 Å². The second kappa shape index (κ2) is 7.11. The van der Waals surface area contributed by atoms with Gasteiger partial charge >= 0.3 is 6.03 Å². The normalized spacial score (nSPS) is 25.7. The minimum Gasteiger partial charge on any atom is -0.376 e. The lowest BCUT2D eigenvalue weighted by Crippen LogP contribution is -2.43. The Morgan fingerprint density at radius 3 is 2.95 bits per heavy atom. The van der Waals surface area contributed by atoms with E-state index in [0.29, 0.717) is 12.5 Å². The highest BCUT2D eigenvalue weighted by atomic mass is 16.5. The smallest absolute Gasteiger partial charge is 0.315 e. The number of amides is 2. The van der Waals surface area contributed by atoms with Gasteiger partial charge in [0.1, 0.15) is 0 Å². The predicted molar refractivity (Wildman–Crippen MR) is 80.7 cm³/mol. The van der Waals surface area contributed by atoms with E-state index in [-0.39, 0.29) is 11.6 Å². The van der Waals surface area contributed by atoms with Crippen molar-refractivity contribution in [1.82, 2.24) is 10.6 Å². The Bertz CT molecular complexity index is 363. The first-order valence-electron chi connectivity index (χ1n) is 7.89. The number of allylic oxidation sites excluding steroid dienone is 1. The van der Waals surface area contributed by atoms with Crippen molar-refractivity contribution in [2.75, 3.05) is 19.7 Å². The first-order valence-corrected chi connectivity index (χ1v) is 7.89. The number of carbonyl (C=O) groups excluding carboxylic acids is 1. The molecule has 1 heterocycles. The highest BCUT2D eigenvalue weighted by Gasteiger charge is 2.28. The van der Waals surface area contributed by atoms with E-state index in [1.165, 1.54) is 18.4 Å². The van der Waals surface area contributed by atoms with E-state index in [2.05, 4.69) is 30.6 Å². The number of carbonyl (C=O) groups is 1. The van der Waals surface area contributed by atoms with Crippen LogP contribution in [0.25, 0.3) is 0 Å². The Balaban J connectivity index is 1.63. The van der Waals surface area contributed by atoms with Gasteiger partial charge in [-0.25, -0.2) is 4.79 Å². The summed E-state index contributed by atoms with van der Waals surface area (Å²) in [5.41, 5.74) is 1.33. The van der Waals surface area contributed by atoms with Crippen LogP contribution in [0.4, 0.5) is 4.79 Å². The molecule has 1 aliphatic carbocycles. The summed E-state index contributed by atoms with van der Waals surface area (Å²) >= 11 is 0. The SMILES string of the molecule is CC1(C)CC(CNC(=O)NCC2=CCCCC2)CCO1. The van der Waals surface area contributed by atoms with Crippen LogP contribution in [0.1, 0.15) is 52.4 Å². The monoisotopic (exact) mass is 280 g/mol. The van der Waals surface area contributed by atoms with Crippen LogP contribution in [-0.2, 0) is 4.74 Å². The highest BCUT2D eigenvalue weighted by Crippen LogP contribution is 2.27. The first kappa shape index (κ1) is 15.4. The van der Waals surface area contributed by atoms with E-state index in [1.54, 1.807) is 0 Å². The minimum absolute atomic E-state index is 0.0410. The number of hydrogen-bond acceptors (Lipinski definition) is 2. The number of urea groups is 1. The molecule has 1 saturated heterocycles. The molecular formula is C16H28N2O2. The molecule has 1 unspecified atom stereocenters. The fourth-order valence-electron chi connectivity index (χ4n) is 3.09. The molecule has 0 aromatic rings. The quantitative estimate of drug-likeness (QED) is 0.778. The van der Waals surface area contributed by atoms with Gasteiger partial charge in [0, 0.05) is 19.7 Å². The molecule has 0 saturated carbocycles. The van der Waals surface area contributed by atoms with Crippen molar-refractivity contribution in [3.63, 3.8) is 0 Å². The van der Waals surface area contributed by atoms with Gasteiger partial charge in [-0.05, 0) is 58.3 Å². The molecule has 0 bridgehead atoms. The maximum atomic E-state index is 11.8. The van der Waals surface area contributed by atoms with Crippen LogP contribution >= 0.6 is 0 Å². The van der Waals surface area contributed by atoms with Crippen molar-refractivity contribution in [2.45, 2.75) is 58.0 Å². The predicted octanol–water partition coefficient (Wildman–Crippen LogP) is 2.99. The fourth-order valence-corrected chi connectivity index (χ4v) is 3.09. The van der Waals surface area contributed by atoms with Gasteiger partial charge in [0.05, 0.1) is 5.60 Å². The molecule has 0 spiro atoms. The summed E-state index contributed by atoms with van der Waals surface area (Å²) in [6.45, 7) is 6.49. The number of ether oxygens (including phenoxy) is 1. The standard InChI is InChI=1S/C16H28N2O2/c1-16(2)10-14(8-9-20-16)12-18-15(19)17-11-13-6-4-3-5-7-13/h6,14H,3-5,7-12H2,1-2H3,(H2,17,18,19). The lowest BCUT2D eigenvalue weighted by atomic mass is 9.88. The Kier molecular flexibility index (Phi) is 5.46. The van der Waals surface area contributed by atoms with Crippen LogP contribution in [0.3, 0.4) is 0 Å². The van der Waals surface area contributed by atoms with Crippen LogP contribution in [0.15, 0.2) is 11.6 Å². The third-order valence-corrected chi connectivity index (χ3v) is 4.21. The van der Waals surface area contributed by atoms with Crippen LogP contribution < -0.4 is 10.6 Å². The van der Waals surface area contributed by atoms with Crippen molar-refractivity contribution in [1.29, 1.82) is 0 Å². The second-order valence-electron chi connectivity index (χ2n) is 6.64. The lowest BCUT2D eigenvalue weighted by molar-refractivity contribution is -0.0714. The molecule has 20 heavy (non-hydrogen) atoms. The van der Waals surface area contributed by atoms with Crippen molar-refractivity contribution in [3.8, 4) is 0 Å². The Morgan fingerprint density at radius 1 is 1.40 bits per heavy atom. The van der Waals surface area contributed by atoms with Crippen molar-refractivity contribution >= 4 is 6.03 Å². The van der Waals surface area contributed by atoms with E-state index in [0.717, 1.165) is 38.8 Å². The maximum Gasteiger partial charge on any atom is 0.315 e. The zero-order chi connectivity index (χ0) is 14.4. The summed E-state index contributed by atoms with van der Waals surface area (Å²) in [4.78, 5) is 11.8. The largest absolute Gasteiger partial charge is 0.376 e. The Morgan fingerprint density at radius 2 is 2.25 bits per heavy atom. The summed E-state index contributed by atoms with van der Waals surface area (Å²) in [6, 6.07) is -0.0410. The van der Waals surface area contributed by atoms with E-state index in [4.69, 9.17) is 4.74 Å². The Labute approximate surface area is 122 Å². The molecule has 4 nitrogen and oxygen atoms in total. The molecule has 2 N–H and O–H groups in total. The van der Waals surface area contributed by atoms with Gasteiger partial charge in [-0.15, -0.1) is 0 Å². The molecule has 2 aliphatic rings. The van der Waals surface area contributed by atoms with E-state index in [1.807, 2.05) is 0 Å². The van der Waals surface area contributed by atoms with Gasteiger partial charge in [-0.1, -0.05) is 11.6 Å². The van der Waals surface area contributed by atoms with Crippen LogP contribution in [-0.4, -0.2) is 31.3 Å². The van der Waals surface area contributed by atoms with E-state index >= 15 is 0 Å². The van der Waals surface area contributed by atoms with Gasteiger partial charge in [0.25, 0.3) is 0 Å².